The van der Waals surface area contributed by atoms with Crippen LogP contribution in [-0.2, 0) is 9.59 Å². The van der Waals surface area contributed by atoms with E-state index < -0.39 is 17.0 Å². The highest BCUT2D eigenvalue weighted by Crippen LogP contribution is 2.25. The van der Waals surface area contributed by atoms with Gasteiger partial charge in [-0.05, 0) is 36.8 Å². The summed E-state index contributed by atoms with van der Waals surface area (Å²) in [5, 5.41) is 29.7. The summed E-state index contributed by atoms with van der Waals surface area (Å²) in [5.74, 6) is -1.61. The van der Waals surface area contributed by atoms with Crippen LogP contribution >= 0.6 is 0 Å². The topological polar surface area (TPSA) is 172 Å². The molecule has 1 atom stereocenters. The summed E-state index contributed by atoms with van der Waals surface area (Å²) < 4.78 is 0. The van der Waals surface area contributed by atoms with Crippen molar-refractivity contribution in [1.82, 2.24) is 16.0 Å². The normalized spacial score (nSPS) is 12.1. The molecule has 0 fully saturated rings. The van der Waals surface area contributed by atoms with Crippen molar-refractivity contribution in [3.05, 3.63) is 81.9 Å². The minimum absolute atomic E-state index is 0.0324. The van der Waals surface area contributed by atoms with E-state index in [1.54, 1.807) is 0 Å². The summed E-state index contributed by atoms with van der Waals surface area (Å²) in [5.41, 5.74) is 7.01. The number of amides is 2. The van der Waals surface area contributed by atoms with E-state index in [2.05, 4.69) is 21.1 Å². The minimum atomic E-state index is -0.904. The fraction of sp³-hybridized carbons (Fsp3) is 0.375. The molecule has 2 aromatic carbocycles. The van der Waals surface area contributed by atoms with Gasteiger partial charge in [-0.3, -0.25) is 9.59 Å². The van der Waals surface area contributed by atoms with Crippen molar-refractivity contribution in [3.8, 4) is 0 Å². The number of hydrazone groups is 1. The molecule has 0 saturated carbocycles. The van der Waals surface area contributed by atoms with Gasteiger partial charge in [-0.25, -0.2) is 10.1 Å². The third-order valence-electron chi connectivity index (χ3n) is 5.21. The van der Waals surface area contributed by atoms with Crippen LogP contribution < -0.4 is 21.7 Å². The second-order valence-electron chi connectivity index (χ2n) is 7.83. The summed E-state index contributed by atoms with van der Waals surface area (Å²) in [4.78, 5) is 36.7. The Balaban J connectivity index is 2.13. The highest BCUT2D eigenvalue weighted by atomic mass is 16.7. The first-order chi connectivity index (χ1) is 16.9. The number of hydrogen-bond donors (Lipinski definition) is 5. The number of rotatable bonds is 14. The lowest BCUT2D eigenvalue weighted by Crippen LogP contribution is -2.48. The molecule has 11 nitrogen and oxygen atoms in total. The fourth-order valence-electron chi connectivity index (χ4n) is 3.53. The number of guanidine groups is 1. The van der Waals surface area contributed by atoms with Crippen molar-refractivity contribution in [2.45, 2.75) is 37.6 Å². The predicted octanol–water partition coefficient (Wildman–Crippen LogP) is 1.07. The lowest BCUT2D eigenvalue weighted by atomic mass is 9.90. The SMILES string of the molecule is N/C(=N/[N+](=O)[O-])NCCC[C@@H](NC(=O)C(c1ccccc1)c1ccccc1)C(=O)NCCCCO. The Morgan fingerprint density at radius 1 is 0.914 bits per heavy atom. The summed E-state index contributed by atoms with van der Waals surface area (Å²) in [6.07, 6.45) is 1.83. The van der Waals surface area contributed by atoms with Crippen LogP contribution in [0.4, 0.5) is 0 Å². The molecule has 0 aliphatic rings. The first-order valence-corrected chi connectivity index (χ1v) is 11.4. The highest BCUT2D eigenvalue weighted by molar-refractivity contribution is 5.92. The quantitative estimate of drug-likeness (QED) is 0.0877. The van der Waals surface area contributed by atoms with Gasteiger partial charge in [0.05, 0.1) is 5.92 Å². The molecule has 0 aromatic heterocycles. The number of benzene rings is 2. The largest absolute Gasteiger partial charge is 0.396 e. The second kappa shape index (κ2) is 15.0. The number of nitrogens with zero attached hydrogens (tertiary/aromatic N) is 2. The van der Waals surface area contributed by atoms with Crippen molar-refractivity contribution in [3.63, 3.8) is 0 Å². The first-order valence-electron chi connectivity index (χ1n) is 11.4. The number of nitrogens with one attached hydrogen (secondary N) is 3. The van der Waals surface area contributed by atoms with Crippen molar-refractivity contribution in [2.24, 2.45) is 10.8 Å². The zero-order valence-electron chi connectivity index (χ0n) is 19.4. The van der Waals surface area contributed by atoms with Gasteiger partial charge >= 0.3 is 0 Å². The average molecular weight is 485 g/mol. The van der Waals surface area contributed by atoms with Crippen molar-refractivity contribution in [1.29, 1.82) is 0 Å². The maximum Gasteiger partial charge on any atom is 0.266 e. The zero-order valence-corrected chi connectivity index (χ0v) is 19.4. The molecule has 0 saturated heterocycles. The van der Waals surface area contributed by atoms with Crippen LogP contribution in [0.5, 0.6) is 0 Å². The zero-order chi connectivity index (χ0) is 25.5. The summed E-state index contributed by atoms with van der Waals surface area (Å²) in [6.45, 7) is 0.631. The number of carbonyl (C=O) groups excluding carboxylic acids is 2. The molecular weight excluding hydrogens is 452 g/mol. The van der Waals surface area contributed by atoms with Crippen LogP contribution in [0.3, 0.4) is 0 Å². The third-order valence-corrected chi connectivity index (χ3v) is 5.21. The van der Waals surface area contributed by atoms with Crippen LogP contribution in [0.1, 0.15) is 42.7 Å². The third kappa shape index (κ3) is 9.80. The molecule has 2 amide bonds. The van der Waals surface area contributed by atoms with Gasteiger partial charge in [0.25, 0.3) is 5.96 Å². The minimum Gasteiger partial charge on any atom is -0.396 e. The van der Waals surface area contributed by atoms with Gasteiger partial charge in [-0.15, -0.1) is 0 Å². The van der Waals surface area contributed by atoms with Gasteiger partial charge in [0.2, 0.25) is 11.8 Å². The van der Waals surface area contributed by atoms with E-state index in [0.717, 1.165) is 11.1 Å². The molecule has 0 bridgehead atoms. The van der Waals surface area contributed by atoms with Crippen LogP contribution in [0.25, 0.3) is 0 Å². The van der Waals surface area contributed by atoms with Crippen LogP contribution in [-0.4, -0.2) is 53.7 Å². The lowest BCUT2D eigenvalue weighted by Gasteiger charge is -2.23. The summed E-state index contributed by atoms with van der Waals surface area (Å²) >= 11 is 0. The molecule has 0 heterocycles. The van der Waals surface area contributed by atoms with E-state index in [-0.39, 0.29) is 37.3 Å². The molecule has 2 rings (SSSR count). The fourth-order valence-corrected chi connectivity index (χ4v) is 3.53. The Hall–Kier alpha value is -3.99. The van der Waals surface area contributed by atoms with Crippen molar-refractivity contribution >= 4 is 17.8 Å². The molecule has 0 radical (unpaired) electrons. The molecule has 0 aliphatic carbocycles. The number of hydrogen-bond acceptors (Lipinski definition) is 5. The Bertz CT molecular complexity index is 931. The monoisotopic (exact) mass is 484 g/mol. The summed E-state index contributed by atoms with van der Waals surface area (Å²) in [6, 6.07) is 17.8. The Kier molecular flexibility index (Phi) is 11.7. The van der Waals surface area contributed by atoms with E-state index in [4.69, 9.17) is 10.8 Å². The van der Waals surface area contributed by atoms with E-state index in [1.165, 1.54) is 0 Å². The molecule has 6 N–H and O–H groups in total. The average Bonchev–Trinajstić information content (AvgIpc) is 2.84. The Morgan fingerprint density at radius 2 is 1.49 bits per heavy atom. The van der Waals surface area contributed by atoms with E-state index in [0.29, 0.717) is 25.8 Å². The number of unbranched alkanes of at least 4 members (excludes halogenated alkanes) is 1. The van der Waals surface area contributed by atoms with Gasteiger partial charge in [-0.1, -0.05) is 60.7 Å². The second-order valence-corrected chi connectivity index (χ2v) is 7.83. The molecule has 2 aromatic rings. The van der Waals surface area contributed by atoms with Crippen molar-refractivity contribution in [2.75, 3.05) is 19.7 Å². The predicted molar refractivity (Wildman–Crippen MR) is 132 cm³/mol. The number of nitro groups is 1. The Labute approximate surface area is 203 Å². The molecule has 35 heavy (non-hydrogen) atoms. The van der Waals surface area contributed by atoms with Crippen LogP contribution in [0.2, 0.25) is 0 Å². The number of nitrogens with two attached hydrogens (primary N) is 1. The highest BCUT2D eigenvalue weighted by Gasteiger charge is 2.27. The number of carbonyl (C=O) groups is 2. The standard InChI is InChI=1S/C24H32N6O5/c25-24(29-30(34)35)27-16-9-14-20(22(32)26-15-7-8-17-31)28-23(33)21(18-10-3-1-4-11-18)19-12-5-2-6-13-19/h1-6,10-13,20-21,31H,7-9,14-17H2,(H,26,32)(H,28,33)(H3,25,27,29)/t20-/m1/s1. The van der Waals surface area contributed by atoms with Crippen LogP contribution in [0.15, 0.2) is 65.8 Å². The number of aliphatic hydroxyl groups excluding tert-OH is 1. The van der Waals surface area contributed by atoms with Gasteiger partial charge in [0.15, 0.2) is 5.03 Å². The molecule has 11 heteroatoms. The lowest BCUT2D eigenvalue weighted by molar-refractivity contribution is -0.485. The molecule has 0 spiro atoms. The molecule has 0 aliphatic heterocycles. The van der Waals surface area contributed by atoms with Gasteiger partial charge < -0.3 is 26.8 Å². The van der Waals surface area contributed by atoms with Crippen molar-refractivity contribution < 1.29 is 19.7 Å². The van der Waals surface area contributed by atoms with Crippen LogP contribution in [0, 0.1) is 10.1 Å². The molecule has 0 unspecified atom stereocenters. The smallest absolute Gasteiger partial charge is 0.266 e. The van der Waals surface area contributed by atoms with E-state index in [9.17, 15) is 19.7 Å². The molecule has 188 valence electrons. The summed E-state index contributed by atoms with van der Waals surface area (Å²) in [7, 11) is 0. The van der Waals surface area contributed by atoms with Gasteiger partial charge in [0.1, 0.15) is 11.1 Å². The molecular formula is C24H32N6O5. The number of aliphatic hydroxyl groups is 1. The van der Waals surface area contributed by atoms with Gasteiger partial charge in [-0.2, -0.15) is 0 Å². The maximum atomic E-state index is 13.4. The first kappa shape index (κ1) is 27.3. The van der Waals surface area contributed by atoms with E-state index >= 15 is 0 Å². The van der Waals surface area contributed by atoms with Gasteiger partial charge in [0, 0.05) is 19.7 Å². The van der Waals surface area contributed by atoms with E-state index in [1.807, 2.05) is 60.7 Å². The Morgan fingerprint density at radius 3 is 2.03 bits per heavy atom. The maximum absolute atomic E-state index is 13.4.